The van der Waals surface area contributed by atoms with E-state index >= 15 is 0 Å². The van der Waals surface area contributed by atoms with Gasteiger partial charge in [0, 0.05) is 6.54 Å². The van der Waals surface area contributed by atoms with Crippen LogP contribution in [0.25, 0.3) is 0 Å². The lowest BCUT2D eigenvalue weighted by molar-refractivity contribution is 0.360. The number of para-hydroxylation sites is 1. The van der Waals surface area contributed by atoms with Crippen LogP contribution in [0.4, 0.5) is 5.69 Å². The smallest absolute Gasteiger partial charge is 0.174 e. The summed E-state index contributed by atoms with van der Waals surface area (Å²) < 4.78 is 10.7. The van der Waals surface area contributed by atoms with Crippen molar-refractivity contribution in [3.05, 3.63) is 83.3 Å². The molecular formula is C20H19ClN2O2S. The van der Waals surface area contributed by atoms with Crippen molar-refractivity contribution >= 4 is 34.6 Å². The number of methoxy groups -OCH3 is 1. The van der Waals surface area contributed by atoms with Crippen molar-refractivity contribution in [2.75, 3.05) is 12.4 Å². The number of ether oxygens (including phenoxy) is 1. The normalized spacial score (nSPS) is 10.4. The van der Waals surface area contributed by atoms with Crippen LogP contribution in [0.3, 0.4) is 0 Å². The van der Waals surface area contributed by atoms with E-state index in [2.05, 4.69) is 5.32 Å². The number of nitrogens with zero attached hydrogens (tertiary/aromatic N) is 1. The second-order valence-corrected chi connectivity index (χ2v) is 6.49. The third-order valence-corrected chi connectivity index (χ3v) is 4.55. The van der Waals surface area contributed by atoms with Crippen LogP contribution in [-0.2, 0) is 13.1 Å². The van der Waals surface area contributed by atoms with Crippen LogP contribution in [0.15, 0.2) is 71.3 Å². The molecule has 6 heteroatoms. The van der Waals surface area contributed by atoms with E-state index in [-0.39, 0.29) is 0 Å². The molecular weight excluding hydrogens is 368 g/mol. The summed E-state index contributed by atoms with van der Waals surface area (Å²) in [5.74, 6) is 1.66. The van der Waals surface area contributed by atoms with Gasteiger partial charge in [-0.05, 0) is 54.2 Å². The average Bonchev–Trinajstić information content (AvgIpc) is 3.17. The Kier molecular flexibility index (Phi) is 6.15. The predicted molar refractivity (Wildman–Crippen MR) is 109 cm³/mol. The minimum absolute atomic E-state index is 0.551. The number of benzene rings is 2. The molecule has 1 aromatic heterocycles. The Morgan fingerprint density at radius 3 is 2.50 bits per heavy atom. The highest BCUT2D eigenvalue weighted by Crippen LogP contribution is 2.22. The van der Waals surface area contributed by atoms with Crippen LogP contribution in [0, 0.1) is 0 Å². The maximum atomic E-state index is 6.24. The van der Waals surface area contributed by atoms with Crippen LogP contribution in [0.1, 0.15) is 11.3 Å². The van der Waals surface area contributed by atoms with Crippen molar-refractivity contribution in [3.8, 4) is 5.75 Å². The molecule has 0 radical (unpaired) electrons. The zero-order chi connectivity index (χ0) is 18.4. The Morgan fingerprint density at radius 2 is 1.85 bits per heavy atom. The summed E-state index contributed by atoms with van der Waals surface area (Å²) in [6.45, 7) is 1.18. The van der Waals surface area contributed by atoms with Gasteiger partial charge in [-0.15, -0.1) is 0 Å². The fourth-order valence-electron chi connectivity index (χ4n) is 2.50. The van der Waals surface area contributed by atoms with Gasteiger partial charge in [-0.25, -0.2) is 0 Å². The lowest BCUT2D eigenvalue weighted by Crippen LogP contribution is -2.33. The van der Waals surface area contributed by atoms with Gasteiger partial charge in [0.15, 0.2) is 5.11 Å². The molecule has 0 unspecified atom stereocenters. The molecule has 3 rings (SSSR count). The third kappa shape index (κ3) is 4.77. The molecule has 0 saturated heterocycles. The largest absolute Gasteiger partial charge is 0.497 e. The van der Waals surface area contributed by atoms with Gasteiger partial charge in [0.2, 0.25) is 0 Å². The highest BCUT2D eigenvalue weighted by molar-refractivity contribution is 7.80. The molecule has 0 spiro atoms. The van der Waals surface area contributed by atoms with Crippen molar-refractivity contribution < 1.29 is 9.15 Å². The third-order valence-electron chi connectivity index (χ3n) is 3.86. The number of hydrogen-bond donors (Lipinski definition) is 1. The molecule has 0 bridgehead atoms. The lowest BCUT2D eigenvalue weighted by Gasteiger charge is -2.25. The topological polar surface area (TPSA) is 37.6 Å². The van der Waals surface area contributed by atoms with Gasteiger partial charge in [0.25, 0.3) is 0 Å². The van der Waals surface area contributed by atoms with E-state index in [0.717, 1.165) is 22.8 Å². The van der Waals surface area contributed by atoms with Gasteiger partial charge < -0.3 is 19.4 Å². The number of hydrogen-bond acceptors (Lipinski definition) is 3. The first-order valence-corrected chi connectivity index (χ1v) is 8.90. The highest BCUT2D eigenvalue weighted by Gasteiger charge is 2.14. The summed E-state index contributed by atoms with van der Waals surface area (Å²) in [5.41, 5.74) is 1.89. The zero-order valence-corrected chi connectivity index (χ0v) is 15.9. The van der Waals surface area contributed by atoms with Crippen molar-refractivity contribution in [2.45, 2.75) is 13.1 Å². The number of rotatable bonds is 6. The molecule has 2 aromatic carbocycles. The Hall–Kier alpha value is -2.50. The minimum atomic E-state index is 0.551. The first kappa shape index (κ1) is 18.3. The number of nitrogens with one attached hydrogen (secondary N) is 1. The van der Waals surface area contributed by atoms with Crippen molar-refractivity contribution in [3.63, 3.8) is 0 Å². The summed E-state index contributed by atoms with van der Waals surface area (Å²) in [7, 11) is 1.65. The Bertz CT molecular complexity index is 851. The SMILES string of the molecule is COc1ccc(CN(Cc2ccco2)C(=S)Nc2ccccc2Cl)cc1. The first-order valence-electron chi connectivity index (χ1n) is 8.11. The van der Waals surface area contributed by atoms with Crippen LogP contribution in [-0.4, -0.2) is 17.1 Å². The van der Waals surface area contributed by atoms with Gasteiger partial charge in [-0.1, -0.05) is 35.9 Å². The molecule has 1 N–H and O–H groups in total. The molecule has 0 aliphatic carbocycles. The standard InChI is InChI=1S/C20H19ClN2O2S/c1-24-16-10-8-15(9-11-16)13-23(14-17-5-4-12-25-17)20(26)22-19-7-3-2-6-18(19)21/h2-12H,13-14H2,1H3,(H,22,26). The predicted octanol–water partition coefficient (Wildman–Crippen LogP) is 5.34. The monoisotopic (exact) mass is 386 g/mol. The summed E-state index contributed by atoms with van der Waals surface area (Å²) >= 11 is 11.9. The molecule has 0 fully saturated rings. The minimum Gasteiger partial charge on any atom is -0.497 e. The molecule has 0 saturated carbocycles. The maximum absolute atomic E-state index is 6.24. The highest BCUT2D eigenvalue weighted by atomic mass is 35.5. The molecule has 0 aliphatic rings. The van der Waals surface area contributed by atoms with E-state index in [0.29, 0.717) is 23.2 Å². The fourth-order valence-corrected chi connectivity index (χ4v) is 2.92. The number of halogens is 1. The Balaban J connectivity index is 1.77. The number of furan rings is 1. The van der Waals surface area contributed by atoms with E-state index in [1.807, 2.05) is 65.6 Å². The number of thiocarbonyl (C=S) groups is 1. The van der Waals surface area contributed by atoms with E-state index in [4.69, 9.17) is 33.0 Å². The molecule has 4 nitrogen and oxygen atoms in total. The maximum Gasteiger partial charge on any atom is 0.174 e. The summed E-state index contributed by atoms with van der Waals surface area (Å²) in [6, 6.07) is 19.2. The van der Waals surface area contributed by atoms with E-state index in [1.54, 1.807) is 13.4 Å². The molecule has 0 aliphatic heterocycles. The summed E-state index contributed by atoms with van der Waals surface area (Å²) in [4.78, 5) is 2.03. The van der Waals surface area contributed by atoms with Gasteiger partial charge in [-0.3, -0.25) is 0 Å². The van der Waals surface area contributed by atoms with E-state index < -0.39 is 0 Å². The molecule has 0 amide bonds. The fraction of sp³-hybridized carbons (Fsp3) is 0.150. The Labute approximate surface area is 163 Å². The molecule has 3 aromatic rings. The lowest BCUT2D eigenvalue weighted by atomic mass is 10.2. The van der Waals surface area contributed by atoms with E-state index in [1.165, 1.54) is 0 Å². The first-order chi connectivity index (χ1) is 12.7. The average molecular weight is 387 g/mol. The summed E-state index contributed by atoms with van der Waals surface area (Å²) in [6.07, 6.45) is 1.66. The molecule has 0 atom stereocenters. The summed E-state index contributed by atoms with van der Waals surface area (Å²) in [5, 5.41) is 4.42. The quantitative estimate of drug-likeness (QED) is 0.579. The van der Waals surface area contributed by atoms with Crippen molar-refractivity contribution in [2.24, 2.45) is 0 Å². The van der Waals surface area contributed by atoms with Crippen molar-refractivity contribution in [1.82, 2.24) is 4.90 Å². The van der Waals surface area contributed by atoms with Crippen LogP contribution in [0.5, 0.6) is 5.75 Å². The zero-order valence-electron chi connectivity index (χ0n) is 14.3. The van der Waals surface area contributed by atoms with Gasteiger partial charge >= 0.3 is 0 Å². The van der Waals surface area contributed by atoms with Gasteiger partial charge in [0.05, 0.1) is 30.6 Å². The second kappa shape index (κ2) is 8.74. The van der Waals surface area contributed by atoms with Gasteiger partial charge in [-0.2, -0.15) is 0 Å². The van der Waals surface area contributed by atoms with Crippen LogP contribution < -0.4 is 10.1 Å². The van der Waals surface area contributed by atoms with Gasteiger partial charge in [0.1, 0.15) is 11.5 Å². The molecule has 134 valence electrons. The van der Waals surface area contributed by atoms with Crippen LogP contribution >= 0.6 is 23.8 Å². The second-order valence-electron chi connectivity index (χ2n) is 5.69. The van der Waals surface area contributed by atoms with Crippen LogP contribution in [0.2, 0.25) is 5.02 Å². The van der Waals surface area contributed by atoms with Crippen molar-refractivity contribution in [1.29, 1.82) is 0 Å². The molecule has 1 heterocycles. The number of anilines is 1. The molecule has 26 heavy (non-hydrogen) atoms. The van der Waals surface area contributed by atoms with E-state index in [9.17, 15) is 0 Å². The Morgan fingerprint density at radius 1 is 1.08 bits per heavy atom.